The van der Waals surface area contributed by atoms with E-state index < -0.39 is 6.04 Å². The van der Waals surface area contributed by atoms with Crippen LogP contribution in [0.15, 0.2) is 0 Å². The van der Waals surface area contributed by atoms with Gasteiger partial charge in [0.25, 0.3) is 0 Å². The van der Waals surface area contributed by atoms with Crippen molar-refractivity contribution in [2.45, 2.75) is 25.9 Å². The molecule has 2 amide bonds. The molecule has 1 fully saturated rings. The minimum absolute atomic E-state index is 0.0541. The van der Waals surface area contributed by atoms with Crippen LogP contribution in [0, 0.1) is 0 Å². The van der Waals surface area contributed by atoms with Crippen LogP contribution >= 0.6 is 0 Å². The highest BCUT2D eigenvalue weighted by atomic mass is 16.2. The molecule has 5 nitrogen and oxygen atoms in total. The first-order chi connectivity index (χ1) is 6.00. The lowest BCUT2D eigenvalue weighted by Gasteiger charge is -2.40. The maximum atomic E-state index is 11.2. The molecule has 74 valence electrons. The SMILES string of the molecule is CC(=O)NC1CN(C(=O)[C@@H](C)N)C1. The fourth-order valence-electron chi connectivity index (χ4n) is 1.33. The van der Waals surface area contributed by atoms with E-state index in [1.807, 2.05) is 0 Å². The van der Waals surface area contributed by atoms with Crippen LogP contribution in [0.2, 0.25) is 0 Å². The highest BCUT2D eigenvalue weighted by Gasteiger charge is 2.31. The molecule has 5 heteroatoms. The largest absolute Gasteiger partial charge is 0.350 e. The van der Waals surface area contributed by atoms with Crippen LogP contribution in [0.25, 0.3) is 0 Å². The third kappa shape index (κ3) is 2.42. The second kappa shape index (κ2) is 3.74. The molecule has 0 aromatic rings. The maximum Gasteiger partial charge on any atom is 0.239 e. The number of nitrogens with two attached hydrogens (primary N) is 1. The van der Waals surface area contributed by atoms with Gasteiger partial charge in [-0.3, -0.25) is 9.59 Å². The van der Waals surface area contributed by atoms with Crippen molar-refractivity contribution in [3.8, 4) is 0 Å². The Morgan fingerprint density at radius 1 is 1.54 bits per heavy atom. The van der Waals surface area contributed by atoms with E-state index in [1.54, 1.807) is 11.8 Å². The second-order valence-electron chi connectivity index (χ2n) is 3.43. The Morgan fingerprint density at radius 3 is 2.46 bits per heavy atom. The average Bonchev–Trinajstić information content (AvgIpc) is 1.94. The maximum absolute atomic E-state index is 11.2. The summed E-state index contributed by atoms with van der Waals surface area (Å²) >= 11 is 0. The first-order valence-corrected chi connectivity index (χ1v) is 4.32. The van der Waals surface area contributed by atoms with E-state index in [0.717, 1.165) is 0 Å². The zero-order valence-corrected chi connectivity index (χ0v) is 7.91. The van der Waals surface area contributed by atoms with Crippen LogP contribution in [0.4, 0.5) is 0 Å². The fraction of sp³-hybridized carbons (Fsp3) is 0.750. The molecule has 0 aromatic carbocycles. The van der Waals surface area contributed by atoms with Crippen molar-refractivity contribution in [2.24, 2.45) is 5.73 Å². The second-order valence-corrected chi connectivity index (χ2v) is 3.43. The third-order valence-electron chi connectivity index (χ3n) is 1.99. The Labute approximate surface area is 77.3 Å². The number of likely N-dealkylation sites (tertiary alicyclic amines) is 1. The van der Waals surface area contributed by atoms with E-state index in [2.05, 4.69) is 5.32 Å². The summed E-state index contributed by atoms with van der Waals surface area (Å²) in [6.45, 7) is 4.30. The molecule has 0 saturated carbocycles. The first kappa shape index (κ1) is 9.98. The number of rotatable bonds is 2. The number of amides is 2. The Kier molecular flexibility index (Phi) is 2.87. The van der Waals surface area contributed by atoms with Gasteiger partial charge in [-0.25, -0.2) is 0 Å². The lowest BCUT2D eigenvalue weighted by Crippen LogP contribution is -2.63. The van der Waals surface area contributed by atoms with Crippen LogP contribution in [-0.4, -0.2) is 41.9 Å². The lowest BCUT2D eigenvalue weighted by atomic mass is 10.1. The zero-order chi connectivity index (χ0) is 10.0. The summed E-state index contributed by atoms with van der Waals surface area (Å²) in [5.74, 6) is -0.112. The molecule has 1 atom stereocenters. The standard InChI is InChI=1S/C8H15N3O2/c1-5(9)8(13)11-3-7(4-11)10-6(2)12/h5,7H,3-4,9H2,1-2H3,(H,10,12)/t5-/m1/s1. The van der Waals surface area contributed by atoms with Crippen LogP contribution < -0.4 is 11.1 Å². The highest BCUT2D eigenvalue weighted by Crippen LogP contribution is 2.08. The molecule has 13 heavy (non-hydrogen) atoms. The van der Waals surface area contributed by atoms with Crippen LogP contribution in [0.1, 0.15) is 13.8 Å². The number of nitrogens with zero attached hydrogens (tertiary/aromatic N) is 1. The Hall–Kier alpha value is -1.10. The molecule has 1 aliphatic heterocycles. The van der Waals surface area contributed by atoms with Gasteiger partial charge in [-0.05, 0) is 6.92 Å². The van der Waals surface area contributed by atoms with Crippen molar-refractivity contribution in [1.82, 2.24) is 10.2 Å². The van der Waals surface area contributed by atoms with Crippen molar-refractivity contribution in [1.29, 1.82) is 0 Å². The Balaban J connectivity index is 2.25. The molecule has 1 rings (SSSR count). The van der Waals surface area contributed by atoms with E-state index in [-0.39, 0.29) is 17.9 Å². The number of hydrogen-bond donors (Lipinski definition) is 2. The fourth-order valence-corrected chi connectivity index (χ4v) is 1.33. The minimum Gasteiger partial charge on any atom is -0.350 e. The monoisotopic (exact) mass is 185 g/mol. The van der Waals surface area contributed by atoms with Gasteiger partial charge in [0.05, 0.1) is 12.1 Å². The topological polar surface area (TPSA) is 75.4 Å². The van der Waals surface area contributed by atoms with Gasteiger partial charge in [0, 0.05) is 20.0 Å². The third-order valence-corrected chi connectivity index (χ3v) is 1.99. The average molecular weight is 185 g/mol. The summed E-state index contributed by atoms with van der Waals surface area (Å²) in [4.78, 5) is 23.5. The molecule has 1 saturated heterocycles. The van der Waals surface area contributed by atoms with Gasteiger partial charge in [-0.1, -0.05) is 0 Å². The first-order valence-electron chi connectivity index (χ1n) is 4.32. The predicted octanol–water partition coefficient (Wildman–Crippen LogP) is -1.32. The van der Waals surface area contributed by atoms with Gasteiger partial charge in [-0.15, -0.1) is 0 Å². The van der Waals surface area contributed by atoms with Crippen LogP contribution in [0.3, 0.4) is 0 Å². The zero-order valence-electron chi connectivity index (χ0n) is 7.91. The van der Waals surface area contributed by atoms with E-state index in [0.29, 0.717) is 13.1 Å². The molecule has 1 aliphatic rings. The van der Waals surface area contributed by atoms with Crippen LogP contribution in [0.5, 0.6) is 0 Å². The smallest absolute Gasteiger partial charge is 0.239 e. The van der Waals surface area contributed by atoms with E-state index in [1.165, 1.54) is 6.92 Å². The number of hydrogen-bond acceptors (Lipinski definition) is 3. The quantitative estimate of drug-likeness (QED) is 0.560. The molecule has 0 bridgehead atoms. The number of nitrogens with one attached hydrogen (secondary N) is 1. The molecule has 1 heterocycles. The summed E-state index contributed by atoms with van der Waals surface area (Å²) in [5.41, 5.74) is 5.41. The van der Waals surface area contributed by atoms with Crippen molar-refractivity contribution >= 4 is 11.8 Å². The molecule has 0 aromatic heterocycles. The van der Waals surface area contributed by atoms with E-state index >= 15 is 0 Å². The summed E-state index contributed by atoms with van der Waals surface area (Å²) in [6.07, 6.45) is 0. The highest BCUT2D eigenvalue weighted by molar-refractivity contribution is 5.82. The number of carbonyl (C=O) groups is 2. The molecular formula is C8H15N3O2. The molecule has 0 spiro atoms. The minimum atomic E-state index is -0.446. The van der Waals surface area contributed by atoms with Gasteiger partial charge in [0.2, 0.25) is 11.8 Å². The van der Waals surface area contributed by atoms with E-state index in [4.69, 9.17) is 5.73 Å². The Bertz CT molecular complexity index is 221. The van der Waals surface area contributed by atoms with Gasteiger partial charge in [0.1, 0.15) is 0 Å². The van der Waals surface area contributed by atoms with Gasteiger partial charge in [-0.2, -0.15) is 0 Å². The summed E-state index contributed by atoms with van der Waals surface area (Å²) in [7, 11) is 0. The summed E-state index contributed by atoms with van der Waals surface area (Å²) in [5, 5.41) is 2.73. The molecule has 0 unspecified atom stereocenters. The van der Waals surface area contributed by atoms with Gasteiger partial charge >= 0.3 is 0 Å². The van der Waals surface area contributed by atoms with Gasteiger partial charge < -0.3 is 16.0 Å². The molecular weight excluding hydrogens is 170 g/mol. The molecule has 3 N–H and O–H groups in total. The van der Waals surface area contributed by atoms with Crippen molar-refractivity contribution < 1.29 is 9.59 Å². The Morgan fingerprint density at radius 2 is 2.08 bits per heavy atom. The lowest BCUT2D eigenvalue weighted by molar-refractivity contribution is -0.138. The molecule has 0 radical (unpaired) electrons. The number of carbonyl (C=O) groups excluding carboxylic acids is 2. The normalized spacial score (nSPS) is 19.2. The van der Waals surface area contributed by atoms with E-state index in [9.17, 15) is 9.59 Å². The van der Waals surface area contributed by atoms with Crippen LogP contribution in [-0.2, 0) is 9.59 Å². The summed E-state index contributed by atoms with van der Waals surface area (Å²) < 4.78 is 0. The van der Waals surface area contributed by atoms with Gasteiger partial charge in [0.15, 0.2) is 0 Å². The predicted molar refractivity (Wildman–Crippen MR) is 47.8 cm³/mol. The van der Waals surface area contributed by atoms with Crippen molar-refractivity contribution in [3.05, 3.63) is 0 Å². The summed E-state index contributed by atoms with van der Waals surface area (Å²) in [6, 6.07) is -0.335. The molecule has 0 aliphatic carbocycles. The van der Waals surface area contributed by atoms with Crippen molar-refractivity contribution in [2.75, 3.05) is 13.1 Å². The van der Waals surface area contributed by atoms with Crippen molar-refractivity contribution in [3.63, 3.8) is 0 Å².